The van der Waals surface area contributed by atoms with Crippen molar-refractivity contribution in [2.45, 2.75) is 26.7 Å². The summed E-state index contributed by atoms with van der Waals surface area (Å²) in [4.78, 5) is 22.9. The number of hydrogen-bond acceptors (Lipinski definition) is 4. The van der Waals surface area contributed by atoms with E-state index in [9.17, 15) is 4.79 Å². The maximum Gasteiger partial charge on any atom is 0.293 e. The Morgan fingerprint density at radius 1 is 1.38 bits per heavy atom. The Morgan fingerprint density at radius 3 is 3.00 bits per heavy atom. The van der Waals surface area contributed by atoms with Gasteiger partial charge in [0.05, 0.1) is 4.47 Å². The number of halogens is 1. The highest BCUT2D eigenvalue weighted by Crippen LogP contribution is 2.22. The number of likely N-dealkylation sites (tertiary alicyclic amines) is 1. The van der Waals surface area contributed by atoms with Gasteiger partial charge in [0.1, 0.15) is 0 Å². The SMILES string of the molecule is C[C@H]1CCN(C(=O)c2nc3ncc(Br)cn3n2)C[C@@H](C)C1. The first kappa shape index (κ1) is 14.4. The molecule has 3 heterocycles. The molecular weight excluding hydrogens is 334 g/mol. The van der Waals surface area contributed by atoms with Gasteiger partial charge < -0.3 is 4.90 Å². The van der Waals surface area contributed by atoms with E-state index in [2.05, 4.69) is 44.8 Å². The number of carbonyl (C=O) groups excluding carboxylic acids is 1. The Kier molecular flexibility index (Phi) is 3.93. The summed E-state index contributed by atoms with van der Waals surface area (Å²) >= 11 is 3.33. The molecule has 0 N–H and O–H groups in total. The van der Waals surface area contributed by atoms with Gasteiger partial charge in [-0.3, -0.25) is 4.79 Å². The van der Waals surface area contributed by atoms with Crippen molar-refractivity contribution in [3.05, 3.63) is 22.7 Å². The van der Waals surface area contributed by atoms with E-state index in [1.807, 2.05) is 4.90 Å². The van der Waals surface area contributed by atoms with Gasteiger partial charge >= 0.3 is 0 Å². The van der Waals surface area contributed by atoms with Gasteiger partial charge in [-0.15, -0.1) is 5.10 Å². The van der Waals surface area contributed by atoms with Crippen molar-refractivity contribution in [2.24, 2.45) is 11.8 Å². The summed E-state index contributed by atoms with van der Waals surface area (Å²) in [6, 6.07) is 0. The summed E-state index contributed by atoms with van der Waals surface area (Å²) in [5, 5.41) is 4.25. The van der Waals surface area contributed by atoms with Crippen LogP contribution in [-0.4, -0.2) is 43.5 Å². The standard InChI is InChI=1S/C14H18BrN5O/c1-9-3-4-19(7-10(2)5-9)13(21)12-17-14-16-6-11(15)8-20(14)18-12/h6,8-10H,3-5,7H2,1-2H3/t9-,10-/m0/s1. The monoisotopic (exact) mass is 351 g/mol. The fourth-order valence-electron chi connectivity index (χ4n) is 2.90. The Labute approximate surface area is 131 Å². The van der Waals surface area contributed by atoms with E-state index >= 15 is 0 Å². The molecule has 2 aromatic rings. The average Bonchev–Trinajstić information content (AvgIpc) is 2.77. The van der Waals surface area contributed by atoms with E-state index in [0.717, 1.165) is 30.4 Å². The molecule has 1 amide bonds. The van der Waals surface area contributed by atoms with E-state index in [1.54, 1.807) is 12.4 Å². The molecule has 2 atom stereocenters. The highest BCUT2D eigenvalue weighted by molar-refractivity contribution is 9.10. The van der Waals surface area contributed by atoms with Gasteiger partial charge in [0, 0.05) is 25.5 Å². The van der Waals surface area contributed by atoms with Gasteiger partial charge in [0.25, 0.3) is 11.7 Å². The van der Waals surface area contributed by atoms with Crippen LogP contribution in [0, 0.1) is 11.8 Å². The summed E-state index contributed by atoms with van der Waals surface area (Å²) in [5.41, 5.74) is 0. The fraction of sp³-hybridized carbons (Fsp3) is 0.571. The normalized spacial score (nSPS) is 23.3. The maximum absolute atomic E-state index is 12.6. The average molecular weight is 352 g/mol. The highest BCUT2D eigenvalue weighted by atomic mass is 79.9. The van der Waals surface area contributed by atoms with E-state index in [1.165, 1.54) is 4.52 Å². The quantitative estimate of drug-likeness (QED) is 0.791. The molecule has 3 rings (SSSR count). The lowest BCUT2D eigenvalue weighted by Gasteiger charge is -2.20. The third-order valence-electron chi connectivity index (χ3n) is 3.87. The molecule has 1 aliphatic heterocycles. The molecule has 112 valence electrons. The molecule has 0 aromatic carbocycles. The second-order valence-electron chi connectivity index (χ2n) is 5.94. The molecule has 1 fully saturated rings. The zero-order valence-corrected chi connectivity index (χ0v) is 13.7. The third kappa shape index (κ3) is 3.07. The lowest BCUT2D eigenvalue weighted by Crippen LogP contribution is -2.34. The highest BCUT2D eigenvalue weighted by Gasteiger charge is 2.26. The molecule has 2 aromatic heterocycles. The van der Waals surface area contributed by atoms with Crippen LogP contribution in [0.4, 0.5) is 0 Å². The number of rotatable bonds is 1. The lowest BCUT2D eigenvalue weighted by atomic mass is 9.97. The summed E-state index contributed by atoms with van der Waals surface area (Å²) in [6.07, 6.45) is 5.59. The fourth-order valence-corrected chi connectivity index (χ4v) is 3.20. The van der Waals surface area contributed by atoms with Crippen LogP contribution in [0.25, 0.3) is 5.78 Å². The second-order valence-corrected chi connectivity index (χ2v) is 6.85. The first-order valence-corrected chi connectivity index (χ1v) is 7.99. The van der Waals surface area contributed by atoms with Gasteiger partial charge in [0.2, 0.25) is 5.82 Å². The first-order chi connectivity index (χ1) is 10.0. The van der Waals surface area contributed by atoms with Crippen LogP contribution in [0.5, 0.6) is 0 Å². The lowest BCUT2D eigenvalue weighted by molar-refractivity contribution is 0.0732. The number of nitrogens with zero attached hydrogens (tertiary/aromatic N) is 5. The van der Waals surface area contributed by atoms with Crippen LogP contribution in [0.2, 0.25) is 0 Å². The number of fused-ring (bicyclic) bond motifs is 1. The van der Waals surface area contributed by atoms with Crippen molar-refractivity contribution in [3.8, 4) is 0 Å². The molecule has 0 bridgehead atoms. The molecule has 0 spiro atoms. The Balaban J connectivity index is 1.85. The predicted octanol–water partition coefficient (Wildman–Crippen LogP) is 2.40. The first-order valence-electron chi connectivity index (χ1n) is 7.20. The van der Waals surface area contributed by atoms with Gasteiger partial charge in [0.15, 0.2) is 0 Å². The van der Waals surface area contributed by atoms with Crippen LogP contribution in [0.15, 0.2) is 16.9 Å². The van der Waals surface area contributed by atoms with Crippen molar-refractivity contribution >= 4 is 27.6 Å². The minimum atomic E-state index is -0.0995. The van der Waals surface area contributed by atoms with Crippen LogP contribution in [-0.2, 0) is 0 Å². The number of aromatic nitrogens is 4. The molecule has 0 saturated carbocycles. The molecule has 7 heteroatoms. The minimum absolute atomic E-state index is 0.0995. The van der Waals surface area contributed by atoms with E-state index < -0.39 is 0 Å². The van der Waals surface area contributed by atoms with Crippen molar-refractivity contribution in [3.63, 3.8) is 0 Å². The molecule has 0 unspecified atom stereocenters. The largest absolute Gasteiger partial charge is 0.336 e. The van der Waals surface area contributed by atoms with Crippen molar-refractivity contribution in [2.75, 3.05) is 13.1 Å². The molecule has 1 aliphatic rings. The van der Waals surface area contributed by atoms with Crippen molar-refractivity contribution in [1.82, 2.24) is 24.5 Å². The summed E-state index contributed by atoms with van der Waals surface area (Å²) in [6.45, 7) is 5.99. The van der Waals surface area contributed by atoms with Gasteiger partial charge in [-0.25, -0.2) is 9.50 Å². The number of amides is 1. The zero-order valence-electron chi connectivity index (χ0n) is 12.2. The molecule has 6 nitrogen and oxygen atoms in total. The second kappa shape index (κ2) is 5.71. The van der Waals surface area contributed by atoms with Gasteiger partial charge in [-0.05, 0) is 40.6 Å². The van der Waals surface area contributed by atoms with Crippen molar-refractivity contribution < 1.29 is 4.79 Å². The topological polar surface area (TPSA) is 63.4 Å². The molecule has 1 saturated heterocycles. The predicted molar refractivity (Wildman–Crippen MR) is 81.9 cm³/mol. The smallest absolute Gasteiger partial charge is 0.293 e. The van der Waals surface area contributed by atoms with E-state index in [-0.39, 0.29) is 11.7 Å². The van der Waals surface area contributed by atoms with Crippen LogP contribution in [0.1, 0.15) is 37.3 Å². The Hall–Kier alpha value is -1.50. The summed E-state index contributed by atoms with van der Waals surface area (Å²) < 4.78 is 2.33. The molecule has 0 aliphatic carbocycles. The van der Waals surface area contributed by atoms with Crippen molar-refractivity contribution in [1.29, 1.82) is 0 Å². The molecule has 21 heavy (non-hydrogen) atoms. The van der Waals surface area contributed by atoms with E-state index in [4.69, 9.17) is 0 Å². The molecular formula is C14H18BrN5O. The summed E-state index contributed by atoms with van der Waals surface area (Å²) in [5.74, 6) is 1.73. The zero-order chi connectivity index (χ0) is 15.0. The van der Waals surface area contributed by atoms with Crippen LogP contribution < -0.4 is 0 Å². The minimum Gasteiger partial charge on any atom is -0.336 e. The third-order valence-corrected chi connectivity index (χ3v) is 4.28. The Bertz CT molecular complexity index is 670. The molecule has 0 radical (unpaired) electrons. The van der Waals surface area contributed by atoms with Gasteiger partial charge in [-0.2, -0.15) is 4.98 Å². The van der Waals surface area contributed by atoms with Gasteiger partial charge in [-0.1, -0.05) is 13.8 Å². The number of hydrogen-bond donors (Lipinski definition) is 0. The van der Waals surface area contributed by atoms with E-state index in [0.29, 0.717) is 17.6 Å². The van der Waals surface area contributed by atoms with Crippen LogP contribution in [0.3, 0.4) is 0 Å². The Morgan fingerprint density at radius 2 is 2.19 bits per heavy atom. The number of carbonyl (C=O) groups is 1. The summed E-state index contributed by atoms with van der Waals surface area (Å²) in [7, 11) is 0. The maximum atomic E-state index is 12.6. The van der Waals surface area contributed by atoms with Crippen LogP contribution >= 0.6 is 15.9 Å².